The highest BCUT2D eigenvalue weighted by molar-refractivity contribution is 5.90. The van der Waals surface area contributed by atoms with Gasteiger partial charge in [0.2, 0.25) is 17.7 Å². The molecule has 0 unspecified atom stereocenters. The Balaban J connectivity index is 2.16. The van der Waals surface area contributed by atoms with E-state index in [1.54, 1.807) is 0 Å². The van der Waals surface area contributed by atoms with Gasteiger partial charge >= 0.3 is 0 Å². The SMILES string of the molecule is CC(=O)[C@]1(OCCCCCCCCCCCCNC(=O)[C@H](CCC(N)=O)NC(=O)[C@@H](C)N)O[C@@H](CO)[C@H](O)[C@@H](O)[C@H]1O. The van der Waals surface area contributed by atoms with Crippen molar-refractivity contribution in [3.8, 4) is 0 Å². The fraction of sp³-hybridized carbons (Fsp3) is 0.857. The smallest absolute Gasteiger partial charge is 0.258 e. The number of carbonyl (C=O) groups is 4. The Hall–Kier alpha value is -2.20. The highest BCUT2D eigenvalue weighted by atomic mass is 16.7. The van der Waals surface area contributed by atoms with Gasteiger partial charge in [-0.15, -0.1) is 0 Å². The molecular weight excluding hydrogens is 552 g/mol. The molecule has 1 saturated heterocycles. The molecule has 3 amide bonds. The van der Waals surface area contributed by atoms with Crippen LogP contribution in [-0.2, 0) is 28.7 Å². The molecule has 1 fully saturated rings. The molecule has 0 aromatic carbocycles. The van der Waals surface area contributed by atoms with E-state index in [0.29, 0.717) is 13.0 Å². The van der Waals surface area contributed by atoms with Crippen LogP contribution in [0.3, 0.4) is 0 Å². The number of rotatable bonds is 22. The van der Waals surface area contributed by atoms with Crippen LogP contribution in [0.15, 0.2) is 0 Å². The van der Waals surface area contributed by atoms with Crippen molar-refractivity contribution in [3.63, 3.8) is 0 Å². The average molecular weight is 605 g/mol. The van der Waals surface area contributed by atoms with Gasteiger partial charge in [-0.1, -0.05) is 51.4 Å². The van der Waals surface area contributed by atoms with Crippen molar-refractivity contribution in [3.05, 3.63) is 0 Å². The molecule has 0 bridgehead atoms. The van der Waals surface area contributed by atoms with E-state index in [-0.39, 0.29) is 25.4 Å². The van der Waals surface area contributed by atoms with Gasteiger partial charge in [-0.25, -0.2) is 0 Å². The van der Waals surface area contributed by atoms with Gasteiger partial charge in [-0.3, -0.25) is 19.2 Å². The second-order valence-electron chi connectivity index (χ2n) is 11.0. The zero-order chi connectivity index (χ0) is 31.7. The standard InChI is InChI=1S/C28H52N4O10/c1-18(29)26(39)32-20(13-14-22(30)35)27(40)31-15-11-9-7-5-3-4-6-8-10-12-16-41-28(19(2)34)25(38)24(37)23(36)21(17-33)42-28/h18,20-21,23-25,33,36-38H,3-17,29H2,1-2H3,(H2,30,35)(H,31,40)(H,32,39)/t18-,20+,21+,23+,24-,25-,28+/m1/s1. The molecule has 1 aliphatic rings. The first-order valence-electron chi connectivity index (χ1n) is 15.0. The van der Waals surface area contributed by atoms with Gasteiger partial charge < -0.3 is 52.0 Å². The molecular formula is C28H52N4O10. The van der Waals surface area contributed by atoms with Crippen LogP contribution in [0.25, 0.3) is 0 Å². The van der Waals surface area contributed by atoms with Crippen molar-refractivity contribution in [2.75, 3.05) is 19.8 Å². The Morgan fingerprint density at radius 1 is 0.905 bits per heavy atom. The predicted molar refractivity (Wildman–Crippen MR) is 153 cm³/mol. The summed E-state index contributed by atoms with van der Waals surface area (Å²) < 4.78 is 11.0. The molecule has 0 spiro atoms. The molecule has 0 aromatic heterocycles. The molecule has 10 N–H and O–H groups in total. The van der Waals surface area contributed by atoms with Crippen molar-refractivity contribution < 1.29 is 49.1 Å². The van der Waals surface area contributed by atoms with E-state index in [1.807, 2.05) is 0 Å². The summed E-state index contributed by atoms with van der Waals surface area (Å²) in [6.07, 6.45) is 3.27. The number of amides is 3. The van der Waals surface area contributed by atoms with Crippen LogP contribution in [-0.4, -0.2) is 106 Å². The van der Waals surface area contributed by atoms with Crippen LogP contribution in [0, 0.1) is 0 Å². The van der Waals surface area contributed by atoms with E-state index in [1.165, 1.54) is 6.92 Å². The summed E-state index contributed by atoms with van der Waals surface area (Å²) in [5.74, 6) is -4.16. The molecule has 0 radical (unpaired) electrons. The predicted octanol–water partition coefficient (Wildman–Crippen LogP) is -1.12. The Kier molecular flexibility index (Phi) is 17.9. The summed E-state index contributed by atoms with van der Waals surface area (Å²) >= 11 is 0. The number of nitrogens with one attached hydrogen (secondary N) is 2. The maximum atomic E-state index is 12.4. The summed E-state index contributed by atoms with van der Waals surface area (Å²) in [5.41, 5.74) is 10.7. The number of nitrogens with two attached hydrogens (primary N) is 2. The minimum atomic E-state index is -2.12. The number of carbonyl (C=O) groups excluding carboxylic acids is 4. The summed E-state index contributed by atoms with van der Waals surface area (Å²) in [6.45, 7) is 2.61. The van der Waals surface area contributed by atoms with E-state index in [9.17, 15) is 39.6 Å². The Labute approximate surface area is 247 Å². The third-order valence-corrected chi connectivity index (χ3v) is 7.35. The van der Waals surface area contributed by atoms with Gasteiger partial charge in [0.05, 0.1) is 19.3 Å². The second kappa shape index (κ2) is 19.9. The third-order valence-electron chi connectivity index (χ3n) is 7.35. The zero-order valence-corrected chi connectivity index (χ0v) is 25.0. The van der Waals surface area contributed by atoms with Gasteiger partial charge in [0.15, 0.2) is 5.78 Å². The number of unbranched alkanes of at least 4 members (excludes halogenated alkanes) is 9. The van der Waals surface area contributed by atoms with Crippen molar-refractivity contribution in [2.45, 2.75) is 133 Å². The van der Waals surface area contributed by atoms with Gasteiger partial charge in [0, 0.05) is 19.9 Å². The first-order chi connectivity index (χ1) is 19.9. The molecule has 7 atom stereocenters. The molecule has 1 aliphatic heterocycles. The van der Waals surface area contributed by atoms with Crippen LogP contribution in [0.2, 0.25) is 0 Å². The van der Waals surface area contributed by atoms with Gasteiger partial charge in [-0.05, 0) is 26.2 Å². The largest absolute Gasteiger partial charge is 0.394 e. The lowest BCUT2D eigenvalue weighted by Crippen LogP contribution is -2.68. The molecule has 1 rings (SSSR count). The van der Waals surface area contributed by atoms with Crippen LogP contribution in [0.1, 0.15) is 90.9 Å². The number of hydrogen-bond acceptors (Lipinski definition) is 11. The summed E-state index contributed by atoms with van der Waals surface area (Å²) in [5, 5.41) is 45.1. The van der Waals surface area contributed by atoms with Crippen LogP contribution >= 0.6 is 0 Å². The number of aliphatic hydroxyl groups is 4. The molecule has 42 heavy (non-hydrogen) atoms. The fourth-order valence-electron chi connectivity index (χ4n) is 4.71. The maximum absolute atomic E-state index is 12.4. The number of aliphatic hydroxyl groups excluding tert-OH is 4. The average Bonchev–Trinajstić information content (AvgIpc) is 2.94. The first-order valence-corrected chi connectivity index (χ1v) is 15.0. The lowest BCUT2D eigenvalue weighted by Gasteiger charge is -2.46. The molecule has 14 nitrogen and oxygen atoms in total. The third kappa shape index (κ3) is 12.6. The van der Waals surface area contributed by atoms with Gasteiger partial charge in [0.25, 0.3) is 5.79 Å². The molecule has 0 aromatic rings. The Morgan fingerprint density at radius 2 is 1.45 bits per heavy atom. The van der Waals surface area contributed by atoms with Crippen LogP contribution in [0.4, 0.5) is 0 Å². The molecule has 244 valence electrons. The topological polar surface area (TPSA) is 244 Å². The van der Waals surface area contributed by atoms with Crippen LogP contribution in [0.5, 0.6) is 0 Å². The lowest BCUT2D eigenvalue weighted by atomic mass is 9.90. The number of hydrogen-bond donors (Lipinski definition) is 8. The van der Waals surface area contributed by atoms with E-state index in [4.69, 9.17) is 20.9 Å². The van der Waals surface area contributed by atoms with Crippen molar-refractivity contribution in [1.29, 1.82) is 0 Å². The van der Waals surface area contributed by atoms with Gasteiger partial charge in [-0.2, -0.15) is 0 Å². The maximum Gasteiger partial charge on any atom is 0.258 e. The number of Topliss-reactive ketones (excluding diaryl/α,β-unsaturated/α-hetero) is 1. The number of ketones is 1. The minimum Gasteiger partial charge on any atom is -0.394 e. The van der Waals surface area contributed by atoms with Crippen molar-refractivity contribution in [1.82, 2.24) is 10.6 Å². The fourth-order valence-corrected chi connectivity index (χ4v) is 4.71. The van der Waals surface area contributed by atoms with E-state index in [0.717, 1.165) is 64.7 Å². The summed E-state index contributed by atoms with van der Waals surface area (Å²) in [7, 11) is 0. The molecule has 1 heterocycles. The second-order valence-corrected chi connectivity index (χ2v) is 11.0. The molecule has 0 saturated carbocycles. The number of primary amides is 1. The Bertz CT molecular complexity index is 844. The quantitative estimate of drug-likeness (QED) is 0.0688. The Morgan fingerprint density at radius 3 is 1.95 bits per heavy atom. The highest BCUT2D eigenvalue weighted by Gasteiger charge is 2.57. The summed E-state index contributed by atoms with van der Waals surface area (Å²) in [6, 6.07) is -1.63. The minimum absolute atomic E-state index is 0.0205. The van der Waals surface area contributed by atoms with Crippen molar-refractivity contribution in [2.24, 2.45) is 11.5 Å². The van der Waals surface area contributed by atoms with E-state index < -0.39 is 66.5 Å². The van der Waals surface area contributed by atoms with E-state index in [2.05, 4.69) is 10.6 Å². The molecule has 0 aliphatic carbocycles. The monoisotopic (exact) mass is 604 g/mol. The molecule has 14 heteroatoms. The zero-order valence-electron chi connectivity index (χ0n) is 25.0. The number of ether oxygens (including phenoxy) is 2. The highest BCUT2D eigenvalue weighted by Crippen LogP contribution is 2.32. The first kappa shape index (κ1) is 37.8. The van der Waals surface area contributed by atoms with Crippen molar-refractivity contribution >= 4 is 23.5 Å². The summed E-state index contributed by atoms with van der Waals surface area (Å²) in [4.78, 5) is 47.6. The van der Waals surface area contributed by atoms with Gasteiger partial charge in [0.1, 0.15) is 30.5 Å². The lowest BCUT2D eigenvalue weighted by molar-refractivity contribution is -0.344. The van der Waals surface area contributed by atoms with Crippen LogP contribution < -0.4 is 22.1 Å². The normalized spacial score (nSPS) is 25.4. The van der Waals surface area contributed by atoms with E-state index >= 15 is 0 Å².